The predicted molar refractivity (Wildman–Crippen MR) is 86.8 cm³/mol. The van der Waals surface area contributed by atoms with Crippen LogP contribution in [0.5, 0.6) is 0 Å². The first-order valence-corrected chi connectivity index (χ1v) is 10.2. The van der Waals surface area contributed by atoms with E-state index in [4.69, 9.17) is 11.5 Å². The van der Waals surface area contributed by atoms with Gasteiger partial charge in [-0.1, -0.05) is 13.8 Å². The Balaban J connectivity index is 3.86. The molecule has 4 N–H and O–H groups in total. The molecule has 0 aromatic heterocycles. The Kier molecular flexibility index (Phi) is 5.54. The van der Waals surface area contributed by atoms with Gasteiger partial charge in [-0.3, -0.25) is 4.79 Å². The van der Waals surface area contributed by atoms with Crippen molar-refractivity contribution < 1.29 is 21.6 Å². The number of hydrogen-bond donors (Lipinski definition) is 2. The van der Waals surface area contributed by atoms with Gasteiger partial charge in [0.25, 0.3) is 5.91 Å². The molecule has 0 bridgehead atoms. The Labute approximate surface area is 135 Å². The molecule has 1 aromatic carbocycles. The fourth-order valence-corrected chi connectivity index (χ4v) is 4.55. The molecule has 0 unspecified atom stereocenters. The maximum absolute atomic E-state index is 12.2. The van der Waals surface area contributed by atoms with Gasteiger partial charge in [0.1, 0.15) is 0 Å². The average molecular weight is 361 g/mol. The first-order valence-electron chi connectivity index (χ1n) is 6.67. The van der Waals surface area contributed by atoms with Gasteiger partial charge in [0, 0.05) is 11.8 Å². The lowest BCUT2D eigenvalue weighted by Crippen LogP contribution is -2.24. The smallest absolute Gasteiger partial charge is 0.280 e. The van der Waals surface area contributed by atoms with E-state index in [1.807, 2.05) is 0 Å². The van der Waals surface area contributed by atoms with Crippen molar-refractivity contribution in [1.82, 2.24) is 0 Å². The van der Waals surface area contributed by atoms with E-state index >= 15 is 0 Å². The van der Waals surface area contributed by atoms with Crippen LogP contribution in [0.2, 0.25) is 0 Å². The van der Waals surface area contributed by atoms with Gasteiger partial charge >= 0.3 is 0 Å². The molecule has 23 heavy (non-hydrogen) atoms. The molecule has 0 fully saturated rings. The van der Waals surface area contributed by atoms with E-state index in [9.17, 15) is 21.6 Å². The summed E-state index contributed by atoms with van der Waals surface area (Å²) >= 11 is 0. The fourth-order valence-electron chi connectivity index (χ4n) is 1.96. The molecule has 10 heteroatoms. The summed E-state index contributed by atoms with van der Waals surface area (Å²) in [5.41, 5.74) is 10.6. The maximum Gasteiger partial charge on any atom is 0.280 e. The number of carbonyl (C=O) groups excluding carboxylic acids is 1. The van der Waals surface area contributed by atoms with Gasteiger partial charge in [-0.05, 0) is 24.1 Å². The minimum absolute atomic E-state index is 0.0450. The maximum atomic E-state index is 12.2. The minimum atomic E-state index is -3.88. The van der Waals surface area contributed by atoms with Gasteiger partial charge in [0.15, 0.2) is 25.6 Å². The molecule has 0 aliphatic rings. The van der Waals surface area contributed by atoms with E-state index in [0.717, 1.165) is 12.3 Å². The molecule has 0 atom stereocenters. The van der Waals surface area contributed by atoms with Crippen LogP contribution in [0, 0.1) is 0 Å². The summed E-state index contributed by atoms with van der Waals surface area (Å²) in [6.07, 6.45) is 1.18. The molecule has 0 saturated heterocycles. The Hall–Kier alpha value is -1.94. The van der Waals surface area contributed by atoms with Crippen molar-refractivity contribution in [2.24, 2.45) is 16.5 Å². The van der Waals surface area contributed by atoms with Crippen LogP contribution in [0.15, 0.2) is 26.9 Å². The second-order valence-electron chi connectivity index (χ2n) is 4.83. The summed E-state index contributed by atoms with van der Waals surface area (Å²) in [4.78, 5) is 14.7. The van der Waals surface area contributed by atoms with E-state index in [1.165, 1.54) is 13.0 Å². The average Bonchev–Trinajstić information content (AvgIpc) is 2.43. The van der Waals surface area contributed by atoms with Gasteiger partial charge in [0.05, 0.1) is 15.5 Å². The number of sulfone groups is 2. The number of carbonyl (C=O) groups is 1. The summed E-state index contributed by atoms with van der Waals surface area (Å²) in [7, 11) is -7.66. The second-order valence-corrected chi connectivity index (χ2v) is 9.06. The van der Waals surface area contributed by atoms with Crippen molar-refractivity contribution in [3.8, 4) is 0 Å². The quantitative estimate of drug-likeness (QED) is 0.547. The Bertz CT molecular complexity index is 867. The molecular weight excluding hydrogens is 342 g/mol. The van der Waals surface area contributed by atoms with Gasteiger partial charge in [-0.15, -0.1) is 0 Å². The fraction of sp³-hybridized carbons (Fsp3) is 0.385. The van der Waals surface area contributed by atoms with Crippen molar-refractivity contribution in [2.75, 3.05) is 12.0 Å². The SMILES string of the molecule is CCc1cc(S(=O)(=O)CC)c(S(C)(=O)=O)cc1C(=O)N=C(N)N. The number of amides is 1. The number of nitrogens with zero attached hydrogens (tertiary/aromatic N) is 1. The number of hydrogen-bond acceptors (Lipinski definition) is 5. The molecule has 0 spiro atoms. The minimum Gasteiger partial charge on any atom is -0.370 e. The standard InChI is InChI=1S/C13H19N3O5S2/c1-4-8-6-11(23(20,21)5-2)10(22(3,18)19)7-9(8)12(17)16-13(14)15/h6-7H,4-5H2,1-3H3,(H4,14,15,16,17). The highest BCUT2D eigenvalue weighted by molar-refractivity contribution is 7.94. The van der Waals surface area contributed by atoms with Gasteiger partial charge in [0.2, 0.25) is 0 Å². The van der Waals surface area contributed by atoms with Crippen molar-refractivity contribution in [3.63, 3.8) is 0 Å². The summed E-state index contributed by atoms with van der Waals surface area (Å²) < 4.78 is 48.3. The van der Waals surface area contributed by atoms with Crippen LogP contribution in [0.1, 0.15) is 29.8 Å². The van der Waals surface area contributed by atoms with E-state index in [-0.39, 0.29) is 16.2 Å². The van der Waals surface area contributed by atoms with Crippen molar-refractivity contribution in [2.45, 2.75) is 30.1 Å². The topological polar surface area (TPSA) is 150 Å². The summed E-state index contributed by atoms with van der Waals surface area (Å²) in [6, 6.07) is 2.22. The summed E-state index contributed by atoms with van der Waals surface area (Å²) in [6.45, 7) is 3.11. The van der Waals surface area contributed by atoms with Crippen molar-refractivity contribution in [1.29, 1.82) is 0 Å². The van der Waals surface area contributed by atoms with Crippen LogP contribution in [-0.4, -0.2) is 40.7 Å². The van der Waals surface area contributed by atoms with E-state index in [1.54, 1.807) is 6.92 Å². The third kappa shape index (κ3) is 4.29. The normalized spacial score (nSPS) is 12.0. The molecule has 1 amide bonds. The zero-order valence-electron chi connectivity index (χ0n) is 13.0. The lowest BCUT2D eigenvalue weighted by molar-refractivity contribution is 0.100. The van der Waals surface area contributed by atoms with Crippen LogP contribution in [-0.2, 0) is 26.1 Å². The second kappa shape index (κ2) is 6.67. The van der Waals surface area contributed by atoms with Gasteiger partial charge in [-0.25, -0.2) is 16.8 Å². The van der Waals surface area contributed by atoms with E-state index < -0.39 is 36.4 Å². The molecule has 8 nitrogen and oxygen atoms in total. The molecular formula is C13H19N3O5S2. The van der Waals surface area contributed by atoms with Crippen LogP contribution in [0.4, 0.5) is 0 Å². The summed E-state index contributed by atoms with van der Waals surface area (Å²) in [5, 5.41) is 0. The van der Waals surface area contributed by atoms with Crippen molar-refractivity contribution in [3.05, 3.63) is 23.3 Å². The highest BCUT2D eigenvalue weighted by Crippen LogP contribution is 2.27. The first-order chi connectivity index (χ1) is 10.4. The largest absolute Gasteiger partial charge is 0.370 e. The number of benzene rings is 1. The Morgan fingerprint density at radius 1 is 1.09 bits per heavy atom. The molecule has 0 aliphatic heterocycles. The third-order valence-corrected chi connectivity index (χ3v) is 6.16. The monoisotopic (exact) mass is 361 g/mol. The number of aliphatic imine (C=N–C) groups is 1. The zero-order chi connectivity index (χ0) is 18.0. The predicted octanol–water partition coefficient (Wildman–Crippen LogP) is -0.140. The number of guanidine groups is 1. The summed E-state index contributed by atoms with van der Waals surface area (Å²) in [5.74, 6) is -1.56. The van der Waals surface area contributed by atoms with Crippen LogP contribution < -0.4 is 11.5 Å². The van der Waals surface area contributed by atoms with Crippen LogP contribution in [0.25, 0.3) is 0 Å². The lowest BCUT2D eigenvalue weighted by Gasteiger charge is -2.13. The molecule has 128 valence electrons. The molecule has 0 heterocycles. The van der Waals surface area contributed by atoms with Crippen LogP contribution >= 0.6 is 0 Å². The highest BCUT2D eigenvalue weighted by atomic mass is 32.2. The molecule has 1 aromatic rings. The van der Waals surface area contributed by atoms with E-state index in [2.05, 4.69) is 4.99 Å². The van der Waals surface area contributed by atoms with Crippen LogP contribution in [0.3, 0.4) is 0 Å². The van der Waals surface area contributed by atoms with Crippen molar-refractivity contribution >= 4 is 31.5 Å². The van der Waals surface area contributed by atoms with E-state index in [0.29, 0.717) is 12.0 Å². The zero-order valence-corrected chi connectivity index (χ0v) is 14.7. The molecule has 1 rings (SSSR count). The molecule has 0 aliphatic carbocycles. The lowest BCUT2D eigenvalue weighted by atomic mass is 10.0. The number of aryl methyl sites for hydroxylation is 1. The Morgan fingerprint density at radius 3 is 2.04 bits per heavy atom. The van der Waals surface area contributed by atoms with Gasteiger partial charge < -0.3 is 11.5 Å². The highest BCUT2D eigenvalue weighted by Gasteiger charge is 2.26. The molecule has 0 saturated carbocycles. The Morgan fingerprint density at radius 2 is 1.65 bits per heavy atom. The number of nitrogens with two attached hydrogens (primary N) is 2. The number of rotatable bonds is 5. The molecule has 0 radical (unpaired) electrons. The first kappa shape index (κ1) is 19.1. The third-order valence-electron chi connectivity index (χ3n) is 3.13. The van der Waals surface area contributed by atoms with Gasteiger partial charge in [-0.2, -0.15) is 4.99 Å².